The molecule has 0 amide bonds. The predicted octanol–water partition coefficient (Wildman–Crippen LogP) is 12.7. The van der Waals surface area contributed by atoms with E-state index in [0.29, 0.717) is 16.7 Å². The monoisotopic (exact) mass is 677 g/mol. The Bertz CT molecular complexity index is 3420. The maximum Gasteiger partial charge on any atom is 0.164 e. The average Bonchev–Trinajstić information content (AvgIpc) is 3.34. The smallest absolute Gasteiger partial charge is 0.164 e. The standard InChI is InChI=1S/C49H33N3/c1-5-15-34(16-6-1)38-25-26-40-30-41(28-27-39(40)29-38)43-31-42(35-17-7-2-8-18-35)32-44(33-43)48-50-47(37-21-11-4-12-22-37)51-49(52-48)46-24-14-13-23-45(46)36-19-9-3-10-20-36/h1-33H/i2D,3D,7D,8D,9D,10D,13D,14D,17D,18D,19D,20D,23D,24D. The lowest BCUT2D eigenvalue weighted by Crippen LogP contribution is -2.01. The third kappa shape index (κ3) is 6.28. The van der Waals surface area contributed by atoms with Crippen molar-refractivity contribution in [1.29, 1.82) is 0 Å². The molecule has 1 aromatic heterocycles. The molecule has 9 rings (SSSR count). The minimum atomic E-state index is -0.717. The van der Waals surface area contributed by atoms with E-state index in [-0.39, 0.29) is 39.7 Å². The molecule has 0 fully saturated rings. The first-order valence-electron chi connectivity index (χ1n) is 23.4. The van der Waals surface area contributed by atoms with Crippen LogP contribution in [0.25, 0.3) is 89.4 Å². The highest BCUT2D eigenvalue weighted by atomic mass is 15.0. The highest BCUT2D eigenvalue weighted by Crippen LogP contribution is 2.36. The molecular formula is C49H33N3. The Labute approximate surface area is 323 Å². The number of benzene rings is 8. The van der Waals surface area contributed by atoms with Crippen LogP contribution >= 0.6 is 0 Å². The number of fused-ring (bicyclic) bond motifs is 1. The van der Waals surface area contributed by atoms with Gasteiger partial charge in [0.05, 0.1) is 19.2 Å². The van der Waals surface area contributed by atoms with E-state index in [2.05, 4.69) is 6.07 Å². The molecule has 52 heavy (non-hydrogen) atoms. The average molecular weight is 678 g/mol. The van der Waals surface area contributed by atoms with E-state index in [4.69, 9.17) is 32.8 Å². The van der Waals surface area contributed by atoms with Crippen LogP contribution in [0.3, 0.4) is 0 Å². The normalized spacial score (nSPS) is 14.8. The van der Waals surface area contributed by atoms with E-state index in [9.17, 15) is 1.37 Å². The Morgan fingerprint density at radius 2 is 0.750 bits per heavy atom. The third-order valence-electron chi connectivity index (χ3n) is 8.59. The summed E-state index contributed by atoms with van der Waals surface area (Å²) in [6.45, 7) is 0. The molecule has 0 atom stereocenters. The maximum atomic E-state index is 9.19. The number of nitrogens with zero attached hydrogens (tertiary/aromatic N) is 3. The Morgan fingerprint density at radius 3 is 1.38 bits per heavy atom. The van der Waals surface area contributed by atoms with Crippen LogP contribution in [0.5, 0.6) is 0 Å². The largest absolute Gasteiger partial charge is 0.208 e. The summed E-state index contributed by atoms with van der Waals surface area (Å²) in [5, 5.41) is 1.85. The van der Waals surface area contributed by atoms with Gasteiger partial charge in [-0.2, -0.15) is 0 Å². The van der Waals surface area contributed by atoms with Crippen molar-refractivity contribution >= 4 is 10.8 Å². The molecule has 0 aliphatic rings. The fourth-order valence-electron chi connectivity index (χ4n) is 6.07. The van der Waals surface area contributed by atoms with E-state index >= 15 is 0 Å². The van der Waals surface area contributed by atoms with Gasteiger partial charge in [0.25, 0.3) is 0 Å². The molecule has 3 heteroatoms. The SMILES string of the molecule is [2H]c1c([2H])c([2H])c(-c2cc(-c3ccc4cc(-c5ccccc5)ccc4c3)cc(-c3nc(-c4ccccc4)nc(-c4c([2H])c([2H])c([2H])c([2H])c4-c4c([2H])c([2H])c([2H])c([2H])c4[2H])n3)c2)c([2H])c1[2H]. The minimum absolute atomic E-state index is 0.0460. The van der Waals surface area contributed by atoms with Crippen molar-refractivity contribution < 1.29 is 19.2 Å². The molecule has 0 aliphatic carbocycles. The number of hydrogen-bond donors (Lipinski definition) is 0. The van der Waals surface area contributed by atoms with Gasteiger partial charge in [0.2, 0.25) is 0 Å². The van der Waals surface area contributed by atoms with E-state index < -0.39 is 95.7 Å². The molecule has 3 nitrogen and oxygen atoms in total. The molecule has 0 unspecified atom stereocenters. The minimum Gasteiger partial charge on any atom is -0.208 e. The fraction of sp³-hybridized carbons (Fsp3) is 0. The molecule has 0 saturated heterocycles. The second kappa shape index (κ2) is 13.7. The van der Waals surface area contributed by atoms with Crippen LogP contribution in [-0.2, 0) is 0 Å². The molecular weight excluding hydrogens is 631 g/mol. The second-order valence-electron chi connectivity index (χ2n) is 11.9. The topological polar surface area (TPSA) is 38.7 Å². The number of rotatable bonds is 7. The van der Waals surface area contributed by atoms with Crippen LogP contribution < -0.4 is 0 Å². The highest BCUT2D eigenvalue weighted by Gasteiger charge is 2.17. The quantitative estimate of drug-likeness (QED) is 0.168. The van der Waals surface area contributed by atoms with Gasteiger partial charge >= 0.3 is 0 Å². The fourth-order valence-corrected chi connectivity index (χ4v) is 6.07. The molecule has 0 N–H and O–H groups in total. The third-order valence-corrected chi connectivity index (χ3v) is 8.59. The first-order valence-corrected chi connectivity index (χ1v) is 16.4. The molecule has 1 heterocycles. The molecule has 0 spiro atoms. The van der Waals surface area contributed by atoms with Crippen molar-refractivity contribution in [2.45, 2.75) is 0 Å². The lowest BCUT2D eigenvalue weighted by molar-refractivity contribution is 1.07. The molecule has 0 radical (unpaired) electrons. The summed E-state index contributed by atoms with van der Waals surface area (Å²) in [7, 11) is 0. The lowest BCUT2D eigenvalue weighted by atomic mass is 9.93. The first kappa shape index (κ1) is 19.4. The van der Waals surface area contributed by atoms with Crippen LogP contribution in [0.2, 0.25) is 0 Å². The van der Waals surface area contributed by atoms with E-state index in [0.717, 1.165) is 21.9 Å². The maximum absolute atomic E-state index is 9.19. The number of hydrogen-bond acceptors (Lipinski definition) is 3. The highest BCUT2D eigenvalue weighted by molar-refractivity contribution is 5.92. The summed E-state index contributed by atoms with van der Waals surface area (Å²) in [4.78, 5) is 14.4. The van der Waals surface area contributed by atoms with Gasteiger partial charge in [-0.3, -0.25) is 0 Å². The Kier molecular flexibility index (Phi) is 5.13. The zero-order chi connectivity index (χ0) is 46.9. The van der Waals surface area contributed by atoms with Gasteiger partial charge in [0.1, 0.15) is 0 Å². The van der Waals surface area contributed by atoms with Gasteiger partial charge in [-0.1, -0.05) is 170 Å². The summed E-state index contributed by atoms with van der Waals surface area (Å²) in [5.41, 5.74) is 2.94. The molecule has 8 aromatic carbocycles. The van der Waals surface area contributed by atoms with E-state index in [1.807, 2.05) is 60.7 Å². The van der Waals surface area contributed by atoms with E-state index in [1.165, 1.54) is 0 Å². The van der Waals surface area contributed by atoms with Crippen LogP contribution in [0.1, 0.15) is 19.2 Å². The zero-order valence-corrected chi connectivity index (χ0v) is 27.3. The molecule has 0 saturated carbocycles. The van der Waals surface area contributed by atoms with Crippen LogP contribution in [0.15, 0.2) is 200 Å². The molecule has 9 aromatic rings. The Morgan fingerprint density at radius 1 is 0.288 bits per heavy atom. The van der Waals surface area contributed by atoms with Crippen molar-refractivity contribution in [3.63, 3.8) is 0 Å². The summed E-state index contributed by atoms with van der Waals surface area (Å²) in [5.74, 6) is -0.325. The second-order valence-corrected chi connectivity index (χ2v) is 11.9. The van der Waals surface area contributed by atoms with Gasteiger partial charge in [-0.15, -0.1) is 0 Å². The van der Waals surface area contributed by atoms with Crippen LogP contribution in [0.4, 0.5) is 0 Å². The molecule has 0 aliphatic heterocycles. The number of aromatic nitrogens is 3. The van der Waals surface area contributed by atoms with E-state index in [1.54, 1.807) is 48.5 Å². The first-order chi connectivity index (χ1) is 31.5. The molecule has 244 valence electrons. The van der Waals surface area contributed by atoms with Crippen molar-refractivity contribution in [1.82, 2.24) is 15.0 Å². The van der Waals surface area contributed by atoms with Gasteiger partial charge in [-0.25, -0.2) is 15.0 Å². The Balaban J connectivity index is 1.34. The summed E-state index contributed by atoms with van der Waals surface area (Å²) >= 11 is 0. The van der Waals surface area contributed by atoms with Gasteiger partial charge in [-0.05, 0) is 85.6 Å². The van der Waals surface area contributed by atoms with Crippen molar-refractivity contribution in [2.75, 3.05) is 0 Å². The van der Waals surface area contributed by atoms with Crippen LogP contribution in [-0.4, -0.2) is 15.0 Å². The lowest BCUT2D eigenvalue weighted by Gasteiger charge is -2.14. The van der Waals surface area contributed by atoms with Gasteiger partial charge < -0.3 is 0 Å². The zero-order valence-electron chi connectivity index (χ0n) is 41.3. The van der Waals surface area contributed by atoms with Crippen LogP contribution in [0, 0.1) is 0 Å². The van der Waals surface area contributed by atoms with Crippen molar-refractivity contribution in [3.05, 3.63) is 200 Å². The summed E-state index contributed by atoms with van der Waals surface area (Å²) < 4.78 is 121. The summed E-state index contributed by atoms with van der Waals surface area (Å²) in [6.07, 6.45) is 0. The van der Waals surface area contributed by atoms with Gasteiger partial charge in [0.15, 0.2) is 17.5 Å². The van der Waals surface area contributed by atoms with Crippen molar-refractivity contribution in [2.24, 2.45) is 0 Å². The molecule has 0 bridgehead atoms. The summed E-state index contributed by atoms with van der Waals surface area (Å²) in [6, 6.07) is 26.8. The van der Waals surface area contributed by atoms with Crippen molar-refractivity contribution in [3.8, 4) is 78.7 Å². The Hall–Kier alpha value is -6.97. The predicted molar refractivity (Wildman–Crippen MR) is 215 cm³/mol. The van der Waals surface area contributed by atoms with Gasteiger partial charge in [0, 0.05) is 16.7 Å².